The van der Waals surface area contributed by atoms with Crippen molar-refractivity contribution in [3.05, 3.63) is 52.9 Å². The third-order valence-electron chi connectivity index (χ3n) is 4.46. The van der Waals surface area contributed by atoms with Crippen LogP contribution in [-0.2, 0) is 0 Å². The first-order valence-corrected chi connectivity index (χ1v) is 8.39. The van der Waals surface area contributed by atoms with Crippen molar-refractivity contribution in [3.63, 3.8) is 0 Å². The summed E-state index contributed by atoms with van der Waals surface area (Å²) in [7, 11) is 0. The van der Waals surface area contributed by atoms with Crippen molar-refractivity contribution in [2.24, 2.45) is 0 Å². The number of hydrogen-bond donors (Lipinski definition) is 1. The van der Waals surface area contributed by atoms with Crippen molar-refractivity contribution >= 4 is 32.8 Å². The molecule has 4 heterocycles. The van der Waals surface area contributed by atoms with Gasteiger partial charge in [0.15, 0.2) is 0 Å². The number of H-pyrrole nitrogens is 1. The van der Waals surface area contributed by atoms with Gasteiger partial charge in [0, 0.05) is 37.1 Å². The number of fused-ring (bicyclic) bond motifs is 1. The maximum Gasteiger partial charge on any atom is 0.142 e. The minimum Gasteiger partial charge on any atom is -0.356 e. The summed E-state index contributed by atoms with van der Waals surface area (Å²) in [4.78, 5) is 14.6. The monoisotopic (exact) mass is 356 g/mol. The summed E-state index contributed by atoms with van der Waals surface area (Å²) < 4.78 is 1.07. The first-order valence-electron chi connectivity index (χ1n) is 7.60. The van der Waals surface area contributed by atoms with Gasteiger partial charge in [-0.2, -0.15) is 0 Å². The van der Waals surface area contributed by atoms with Gasteiger partial charge in [0.2, 0.25) is 0 Å². The highest BCUT2D eigenvalue weighted by atomic mass is 79.9. The van der Waals surface area contributed by atoms with E-state index in [4.69, 9.17) is 0 Å². The Morgan fingerprint density at radius 2 is 1.86 bits per heavy atom. The molecule has 4 nitrogen and oxygen atoms in total. The second-order valence-corrected chi connectivity index (χ2v) is 6.57. The van der Waals surface area contributed by atoms with Crippen molar-refractivity contribution in [1.29, 1.82) is 0 Å². The molecule has 0 radical (unpaired) electrons. The van der Waals surface area contributed by atoms with Crippen LogP contribution in [0.25, 0.3) is 11.0 Å². The van der Waals surface area contributed by atoms with Gasteiger partial charge in [-0.15, -0.1) is 0 Å². The molecular formula is C17H17BrN4. The molecule has 1 N–H and O–H groups in total. The Balaban J connectivity index is 1.54. The maximum absolute atomic E-state index is 4.50. The number of nitrogens with one attached hydrogen (secondary N) is 1. The molecule has 1 fully saturated rings. The zero-order valence-corrected chi connectivity index (χ0v) is 13.8. The van der Waals surface area contributed by atoms with Gasteiger partial charge in [-0.25, -0.2) is 9.97 Å². The lowest BCUT2D eigenvalue weighted by Crippen LogP contribution is -2.33. The number of hydrogen-bond acceptors (Lipinski definition) is 3. The van der Waals surface area contributed by atoms with E-state index >= 15 is 0 Å². The molecule has 0 aliphatic carbocycles. The second-order valence-electron chi connectivity index (χ2n) is 5.71. The number of pyridine rings is 2. The van der Waals surface area contributed by atoms with Crippen LogP contribution in [0.3, 0.4) is 0 Å². The fourth-order valence-corrected chi connectivity index (χ4v) is 3.83. The zero-order chi connectivity index (χ0) is 14.9. The number of piperidine rings is 1. The van der Waals surface area contributed by atoms with E-state index in [0.29, 0.717) is 5.92 Å². The molecule has 0 atom stereocenters. The number of aromatic nitrogens is 3. The van der Waals surface area contributed by atoms with Gasteiger partial charge in [-0.1, -0.05) is 0 Å². The van der Waals surface area contributed by atoms with Crippen LogP contribution in [0.1, 0.15) is 24.3 Å². The Kier molecular flexibility index (Phi) is 3.58. The van der Waals surface area contributed by atoms with Crippen LogP contribution in [0.15, 0.2) is 47.3 Å². The van der Waals surface area contributed by atoms with Gasteiger partial charge in [0.1, 0.15) is 11.5 Å². The first-order chi connectivity index (χ1) is 10.8. The van der Waals surface area contributed by atoms with E-state index in [1.54, 1.807) is 0 Å². The molecular weight excluding hydrogens is 340 g/mol. The highest BCUT2D eigenvalue weighted by Crippen LogP contribution is 2.35. The molecule has 1 aliphatic heterocycles. The van der Waals surface area contributed by atoms with Crippen molar-refractivity contribution in [1.82, 2.24) is 15.0 Å². The summed E-state index contributed by atoms with van der Waals surface area (Å²) in [6, 6.07) is 8.19. The summed E-state index contributed by atoms with van der Waals surface area (Å²) >= 11 is 3.60. The molecule has 0 bridgehead atoms. The van der Waals surface area contributed by atoms with Crippen molar-refractivity contribution in [3.8, 4) is 0 Å². The summed E-state index contributed by atoms with van der Waals surface area (Å²) in [5.74, 6) is 1.65. The third kappa shape index (κ3) is 2.39. The number of halogens is 1. The molecule has 1 saturated heterocycles. The summed E-state index contributed by atoms with van der Waals surface area (Å²) in [5, 5.41) is 1.26. The lowest BCUT2D eigenvalue weighted by molar-refractivity contribution is 0.504. The highest BCUT2D eigenvalue weighted by Gasteiger charge is 2.24. The molecule has 0 spiro atoms. The van der Waals surface area contributed by atoms with Crippen LogP contribution >= 0.6 is 15.9 Å². The second kappa shape index (κ2) is 5.72. The fraction of sp³-hybridized carbons (Fsp3) is 0.294. The number of nitrogens with zero attached hydrogens (tertiary/aromatic N) is 3. The molecule has 3 aromatic rings. The lowest BCUT2D eigenvalue weighted by Gasteiger charge is -2.33. The van der Waals surface area contributed by atoms with E-state index in [-0.39, 0.29) is 0 Å². The Labute approximate surface area is 137 Å². The van der Waals surface area contributed by atoms with Crippen LogP contribution in [-0.4, -0.2) is 28.0 Å². The lowest BCUT2D eigenvalue weighted by atomic mass is 9.89. The van der Waals surface area contributed by atoms with Crippen molar-refractivity contribution in [2.75, 3.05) is 18.0 Å². The van der Waals surface area contributed by atoms with E-state index in [0.717, 1.165) is 41.9 Å². The number of rotatable bonds is 2. The Hall–Kier alpha value is -1.88. The summed E-state index contributed by atoms with van der Waals surface area (Å²) in [6.45, 7) is 2.07. The molecule has 0 saturated carbocycles. The van der Waals surface area contributed by atoms with Crippen molar-refractivity contribution in [2.45, 2.75) is 18.8 Å². The Morgan fingerprint density at radius 3 is 2.68 bits per heavy atom. The molecule has 0 aromatic carbocycles. The third-order valence-corrected chi connectivity index (χ3v) is 5.08. The van der Waals surface area contributed by atoms with Crippen LogP contribution in [0.2, 0.25) is 0 Å². The SMILES string of the molecule is Brc1cccnc1N1CCC(c2c[nH]c3ncccc23)CC1. The quantitative estimate of drug-likeness (QED) is 0.751. The minimum atomic E-state index is 0.594. The average molecular weight is 357 g/mol. The molecule has 22 heavy (non-hydrogen) atoms. The smallest absolute Gasteiger partial charge is 0.142 e. The van der Waals surface area contributed by atoms with Crippen LogP contribution in [0, 0.1) is 0 Å². The van der Waals surface area contributed by atoms with E-state index in [2.05, 4.69) is 54.1 Å². The van der Waals surface area contributed by atoms with E-state index in [1.807, 2.05) is 24.5 Å². The maximum atomic E-state index is 4.50. The summed E-state index contributed by atoms with van der Waals surface area (Å²) in [5.41, 5.74) is 2.40. The molecule has 112 valence electrons. The summed E-state index contributed by atoms with van der Waals surface area (Å²) in [6.07, 6.45) is 8.12. The van der Waals surface area contributed by atoms with Gasteiger partial charge in [-0.05, 0) is 64.5 Å². The van der Waals surface area contributed by atoms with Gasteiger partial charge >= 0.3 is 0 Å². The molecule has 3 aromatic heterocycles. The number of anilines is 1. The molecule has 4 rings (SSSR count). The minimum absolute atomic E-state index is 0.594. The van der Waals surface area contributed by atoms with Gasteiger partial charge in [0.25, 0.3) is 0 Å². The number of aromatic amines is 1. The zero-order valence-electron chi connectivity index (χ0n) is 12.2. The predicted octanol–water partition coefficient (Wildman–Crippen LogP) is 4.10. The largest absolute Gasteiger partial charge is 0.356 e. The van der Waals surface area contributed by atoms with Gasteiger partial charge in [0.05, 0.1) is 4.47 Å². The molecule has 0 unspecified atom stereocenters. The molecule has 0 amide bonds. The highest BCUT2D eigenvalue weighted by molar-refractivity contribution is 9.10. The van der Waals surface area contributed by atoms with Crippen LogP contribution in [0.4, 0.5) is 5.82 Å². The van der Waals surface area contributed by atoms with Crippen molar-refractivity contribution < 1.29 is 0 Å². The predicted molar refractivity (Wildman–Crippen MR) is 92.2 cm³/mol. The Bertz CT molecular complexity index is 790. The molecule has 1 aliphatic rings. The topological polar surface area (TPSA) is 44.8 Å². The molecule has 5 heteroatoms. The van der Waals surface area contributed by atoms with E-state index in [1.165, 1.54) is 10.9 Å². The average Bonchev–Trinajstić information content (AvgIpc) is 3.00. The van der Waals surface area contributed by atoms with Gasteiger partial charge in [-0.3, -0.25) is 0 Å². The fourth-order valence-electron chi connectivity index (χ4n) is 3.33. The van der Waals surface area contributed by atoms with Crippen LogP contribution in [0.5, 0.6) is 0 Å². The van der Waals surface area contributed by atoms with Crippen LogP contribution < -0.4 is 4.90 Å². The van der Waals surface area contributed by atoms with Gasteiger partial charge < -0.3 is 9.88 Å². The first kappa shape index (κ1) is 13.8. The standard InChI is InChI=1S/C17H17BrN4/c18-15-4-2-8-20-17(15)22-9-5-12(6-10-22)14-11-21-16-13(14)3-1-7-19-16/h1-4,7-8,11-12H,5-6,9-10H2,(H,19,21). The van der Waals surface area contributed by atoms with E-state index < -0.39 is 0 Å². The Morgan fingerprint density at radius 1 is 1.09 bits per heavy atom. The van der Waals surface area contributed by atoms with E-state index in [9.17, 15) is 0 Å². The normalized spacial score (nSPS) is 16.3.